The fraction of sp³-hybridized carbons (Fsp3) is 0.118. The maximum absolute atomic E-state index is 12.1. The highest BCUT2D eigenvalue weighted by Gasteiger charge is 2.14. The number of benzene rings is 2. The van der Waals surface area contributed by atoms with E-state index >= 15 is 0 Å². The van der Waals surface area contributed by atoms with Gasteiger partial charge in [-0.3, -0.25) is 9.13 Å². The predicted molar refractivity (Wildman–Crippen MR) is 103 cm³/mol. The number of tetrazole rings is 1. The first kappa shape index (κ1) is 15.8. The number of nitrogens with zero attached hydrogens (tertiary/aromatic N) is 7. The number of imidazole rings is 1. The Bertz CT molecular complexity index is 1410. The van der Waals surface area contributed by atoms with Crippen LogP contribution >= 0.6 is 11.6 Å². The Morgan fingerprint density at radius 1 is 1.00 bits per heavy atom. The molecule has 0 aliphatic rings. The summed E-state index contributed by atoms with van der Waals surface area (Å²) in [6.45, 7) is 0. The first-order chi connectivity index (χ1) is 13.0. The summed E-state index contributed by atoms with van der Waals surface area (Å²) in [6, 6.07) is 11.0. The monoisotopic (exact) mass is 380 g/mol. The zero-order chi connectivity index (χ0) is 18.7. The maximum atomic E-state index is 12.1. The van der Waals surface area contributed by atoms with Crippen molar-refractivity contribution in [3.05, 3.63) is 51.9 Å². The second-order valence-corrected chi connectivity index (χ2v) is 6.67. The van der Waals surface area contributed by atoms with E-state index < -0.39 is 0 Å². The highest BCUT2D eigenvalue weighted by Crippen LogP contribution is 2.26. The molecule has 0 unspecified atom stereocenters. The van der Waals surface area contributed by atoms with E-state index in [1.54, 1.807) is 39.9 Å². The Balaban J connectivity index is 1.69. The van der Waals surface area contributed by atoms with Crippen molar-refractivity contribution in [3.63, 3.8) is 0 Å². The Kier molecular flexibility index (Phi) is 3.22. The highest BCUT2D eigenvalue weighted by molar-refractivity contribution is 6.31. The summed E-state index contributed by atoms with van der Waals surface area (Å²) in [6.07, 6.45) is 0. The van der Waals surface area contributed by atoms with Gasteiger partial charge in [-0.25, -0.2) is 9.78 Å². The molecule has 0 fully saturated rings. The number of anilines is 2. The van der Waals surface area contributed by atoms with Gasteiger partial charge in [0, 0.05) is 24.8 Å². The van der Waals surface area contributed by atoms with Gasteiger partial charge in [0.1, 0.15) is 0 Å². The number of nitrogens with one attached hydrogen (secondary N) is 1. The molecule has 0 bridgehead atoms. The SMILES string of the molecule is Cn1c(=O)n(C)c2cc(Nc3nc4ccc(Cl)cc4n4nnnc34)ccc21. The molecule has 2 aromatic carbocycles. The lowest BCUT2D eigenvalue weighted by molar-refractivity contribution is 0.795. The van der Waals surface area contributed by atoms with Crippen LogP contribution in [-0.4, -0.2) is 34.2 Å². The van der Waals surface area contributed by atoms with Crippen molar-refractivity contribution >= 4 is 50.8 Å². The second-order valence-electron chi connectivity index (χ2n) is 6.24. The highest BCUT2D eigenvalue weighted by atomic mass is 35.5. The zero-order valence-electron chi connectivity index (χ0n) is 14.4. The summed E-state index contributed by atoms with van der Waals surface area (Å²) in [7, 11) is 3.49. The van der Waals surface area contributed by atoms with E-state index in [0.29, 0.717) is 27.5 Å². The summed E-state index contributed by atoms with van der Waals surface area (Å²) >= 11 is 6.09. The van der Waals surface area contributed by atoms with E-state index in [4.69, 9.17) is 11.6 Å². The first-order valence-corrected chi connectivity index (χ1v) is 8.50. The van der Waals surface area contributed by atoms with E-state index in [-0.39, 0.29) is 5.69 Å². The van der Waals surface area contributed by atoms with E-state index in [9.17, 15) is 4.79 Å². The molecule has 10 heteroatoms. The van der Waals surface area contributed by atoms with Crippen LogP contribution in [0, 0.1) is 0 Å². The van der Waals surface area contributed by atoms with Gasteiger partial charge in [-0.05, 0) is 46.8 Å². The number of halogens is 1. The minimum Gasteiger partial charge on any atom is -0.337 e. The van der Waals surface area contributed by atoms with Gasteiger partial charge in [-0.15, -0.1) is 5.10 Å². The summed E-state index contributed by atoms with van der Waals surface area (Å²) in [5.41, 5.74) is 4.26. The minimum atomic E-state index is -0.0769. The number of fused-ring (bicyclic) bond motifs is 4. The van der Waals surface area contributed by atoms with E-state index in [2.05, 4.69) is 25.8 Å². The molecule has 5 rings (SSSR count). The average Bonchev–Trinajstić information content (AvgIpc) is 3.24. The van der Waals surface area contributed by atoms with E-state index in [1.165, 1.54) is 0 Å². The van der Waals surface area contributed by atoms with Crippen molar-refractivity contribution in [2.24, 2.45) is 14.1 Å². The van der Waals surface area contributed by atoms with Crippen LogP contribution in [0.25, 0.3) is 27.7 Å². The number of rotatable bonds is 2. The number of aromatic nitrogens is 7. The molecule has 0 spiro atoms. The maximum Gasteiger partial charge on any atom is 0.328 e. The third-order valence-corrected chi connectivity index (χ3v) is 4.85. The summed E-state index contributed by atoms with van der Waals surface area (Å²) in [4.78, 5) is 16.8. The Morgan fingerprint density at radius 2 is 1.81 bits per heavy atom. The van der Waals surface area contributed by atoms with Crippen molar-refractivity contribution in [2.45, 2.75) is 0 Å². The van der Waals surface area contributed by atoms with Gasteiger partial charge in [0.2, 0.25) is 5.65 Å². The van der Waals surface area contributed by atoms with Crippen LogP contribution in [0.4, 0.5) is 11.5 Å². The van der Waals surface area contributed by atoms with Crippen LogP contribution in [0.15, 0.2) is 41.2 Å². The van der Waals surface area contributed by atoms with Gasteiger partial charge in [-0.2, -0.15) is 4.52 Å². The molecular weight excluding hydrogens is 368 g/mol. The third-order valence-electron chi connectivity index (χ3n) is 4.61. The molecule has 9 nitrogen and oxygen atoms in total. The lowest BCUT2D eigenvalue weighted by Crippen LogP contribution is -2.19. The average molecular weight is 381 g/mol. The van der Waals surface area contributed by atoms with Gasteiger partial charge in [0.25, 0.3) is 0 Å². The van der Waals surface area contributed by atoms with Gasteiger partial charge < -0.3 is 5.32 Å². The molecule has 5 aromatic rings. The molecule has 3 heterocycles. The molecule has 0 amide bonds. The number of hydrogen-bond acceptors (Lipinski definition) is 6. The van der Waals surface area contributed by atoms with Crippen LogP contribution in [0.3, 0.4) is 0 Å². The first-order valence-electron chi connectivity index (χ1n) is 8.13. The molecule has 134 valence electrons. The molecule has 0 saturated carbocycles. The van der Waals surface area contributed by atoms with E-state index in [1.807, 2.05) is 24.3 Å². The van der Waals surface area contributed by atoms with Crippen molar-refractivity contribution in [2.75, 3.05) is 5.32 Å². The quantitative estimate of drug-likeness (QED) is 0.504. The standard InChI is InChI=1S/C17H13ClN8O/c1-24-12-6-4-10(8-14(12)25(2)17(24)27)19-15-16-21-22-23-26(16)13-7-9(18)3-5-11(13)20-15/h3-8H,1-2H3,(H,19,20). The van der Waals surface area contributed by atoms with Crippen molar-refractivity contribution < 1.29 is 0 Å². The molecule has 27 heavy (non-hydrogen) atoms. The van der Waals surface area contributed by atoms with Crippen molar-refractivity contribution in [1.82, 2.24) is 34.2 Å². The second kappa shape index (κ2) is 5.52. The number of hydrogen-bond donors (Lipinski definition) is 1. The zero-order valence-corrected chi connectivity index (χ0v) is 15.1. The van der Waals surface area contributed by atoms with Crippen molar-refractivity contribution in [1.29, 1.82) is 0 Å². The molecule has 0 aliphatic carbocycles. The fourth-order valence-corrected chi connectivity index (χ4v) is 3.40. The van der Waals surface area contributed by atoms with Crippen LogP contribution in [0.5, 0.6) is 0 Å². The molecular formula is C17H13ClN8O. The van der Waals surface area contributed by atoms with Crippen LogP contribution in [0.2, 0.25) is 5.02 Å². The van der Waals surface area contributed by atoms with Gasteiger partial charge in [0.05, 0.1) is 22.1 Å². The van der Waals surface area contributed by atoms with Crippen molar-refractivity contribution in [3.8, 4) is 0 Å². The van der Waals surface area contributed by atoms with Crippen LogP contribution in [-0.2, 0) is 14.1 Å². The van der Waals surface area contributed by atoms with E-state index in [0.717, 1.165) is 16.7 Å². The largest absolute Gasteiger partial charge is 0.337 e. The summed E-state index contributed by atoms with van der Waals surface area (Å²) in [5.74, 6) is 0.509. The lowest BCUT2D eigenvalue weighted by Gasteiger charge is -2.09. The van der Waals surface area contributed by atoms with Gasteiger partial charge >= 0.3 is 5.69 Å². The molecule has 0 atom stereocenters. The molecule has 3 aromatic heterocycles. The van der Waals surface area contributed by atoms with Crippen LogP contribution < -0.4 is 11.0 Å². The Hall–Kier alpha value is -3.46. The predicted octanol–water partition coefficient (Wildman–Crippen LogP) is 2.26. The van der Waals surface area contributed by atoms with Gasteiger partial charge in [0.15, 0.2) is 5.82 Å². The number of aryl methyl sites for hydroxylation is 2. The van der Waals surface area contributed by atoms with Gasteiger partial charge in [-0.1, -0.05) is 11.6 Å². The fourth-order valence-electron chi connectivity index (χ4n) is 3.23. The summed E-state index contributed by atoms with van der Waals surface area (Å²) < 4.78 is 4.80. The smallest absolute Gasteiger partial charge is 0.328 e. The molecule has 1 N–H and O–H groups in total. The van der Waals surface area contributed by atoms with Crippen LogP contribution in [0.1, 0.15) is 0 Å². The topological polar surface area (TPSA) is 94.9 Å². The minimum absolute atomic E-state index is 0.0769. The Labute approximate surface area is 156 Å². The lowest BCUT2D eigenvalue weighted by atomic mass is 10.2. The Morgan fingerprint density at radius 3 is 2.67 bits per heavy atom. The molecule has 0 aliphatic heterocycles. The summed E-state index contributed by atoms with van der Waals surface area (Å²) in [5, 5.41) is 15.7. The third kappa shape index (κ3) is 2.28. The molecule has 0 radical (unpaired) electrons. The molecule has 0 saturated heterocycles. The normalized spacial score (nSPS) is 11.7.